The molecule has 2 bridgehead atoms. The van der Waals surface area contributed by atoms with Crippen molar-refractivity contribution in [3.63, 3.8) is 0 Å². The molecule has 0 aromatic carbocycles. The van der Waals surface area contributed by atoms with Gasteiger partial charge >= 0.3 is 6.03 Å². The Bertz CT molecular complexity index is 1080. The Morgan fingerprint density at radius 2 is 1.97 bits per heavy atom. The van der Waals surface area contributed by atoms with Gasteiger partial charge in [0, 0.05) is 43.7 Å². The fourth-order valence-corrected chi connectivity index (χ4v) is 5.01. The highest BCUT2D eigenvalue weighted by molar-refractivity contribution is 6.04. The van der Waals surface area contributed by atoms with E-state index in [0.29, 0.717) is 25.4 Å². The molecule has 3 atom stereocenters. The molecule has 2 aromatic rings. The summed E-state index contributed by atoms with van der Waals surface area (Å²) in [7, 11) is 0. The first-order chi connectivity index (χ1) is 15.0. The summed E-state index contributed by atoms with van der Waals surface area (Å²) in [6.45, 7) is 1.91. The fraction of sp³-hybridized carbons (Fsp3) is 0.455. The van der Waals surface area contributed by atoms with E-state index in [4.69, 9.17) is 4.42 Å². The molecular weight excluding hydrogens is 400 g/mol. The van der Waals surface area contributed by atoms with E-state index in [1.54, 1.807) is 24.3 Å². The number of hydrogen-bond acceptors (Lipinski definition) is 5. The van der Waals surface area contributed by atoms with Crippen LogP contribution in [0, 0.1) is 5.92 Å². The van der Waals surface area contributed by atoms with Gasteiger partial charge in [-0.3, -0.25) is 19.3 Å². The molecular formula is C22H24N4O5. The van der Waals surface area contributed by atoms with Gasteiger partial charge < -0.3 is 19.2 Å². The Hall–Kier alpha value is -3.36. The summed E-state index contributed by atoms with van der Waals surface area (Å²) in [5, 5.41) is 2.67. The topological polar surface area (TPSA) is 105 Å². The zero-order valence-electron chi connectivity index (χ0n) is 17.0. The number of carbonyl (C=O) groups is 3. The minimum Gasteiger partial charge on any atom is -0.467 e. The summed E-state index contributed by atoms with van der Waals surface area (Å²) in [4.78, 5) is 52.8. The number of carbonyl (C=O) groups excluding carboxylic acids is 3. The van der Waals surface area contributed by atoms with Crippen LogP contribution >= 0.6 is 0 Å². The third-order valence-corrected chi connectivity index (χ3v) is 6.48. The lowest BCUT2D eigenvalue weighted by atomic mass is 9.83. The number of hydrogen-bond donors (Lipinski definition) is 1. The van der Waals surface area contributed by atoms with Crippen molar-refractivity contribution < 1.29 is 18.8 Å². The summed E-state index contributed by atoms with van der Waals surface area (Å²) >= 11 is 0. The molecule has 5 heterocycles. The molecule has 1 N–H and O–H groups in total. The molecule has 2 aromatic heterocycles. The average molecular weight is 424 g/mol. The Labute approximate surface area is 178 Å². The maximum atomic E-state index is 12.9. The molecule has 0 aliphatic carbocycles. The largest absolute Gasteiger partial charge is 0.467 e. The number of imide groups is 1. The van der Waals surface area contributed by atoms with Crippen LogP contribution in [0.3, 0.4) is 0 Å². The Balaban J connectivity index is 1.19. The van der Waals surface area contributed by atoms with Gasteiger partial charge in [0.25, 0.3) is 11.5 Å². The van der Waals surface area contributed by atoms with Crippen LogP contribution in [0.5, 0.6) is 0 Å². The van der Waals surface area contributed by atoms with Crippen molar-refractivity contribution in [2.45, 2.75) is 44.3 Å². The van der Waals surface area contributed by atoms with Crippen LogP contribution in [0.25, 0.3) is 0 Å². The first-order valence-corrected chi connectivity index (χ1v) is 10.6. The van der Waals surface area contributed by atoms with Gasteiger partial charge in [-0.15, -0.1) is 0 Å². The molecule has 2 saturated heterocycles. The minimum absolute atomic E-state index is 0.0153. The van der Waals surface area contributed by atoms with E-state index in [2.05, 4.69) is 5.32 Å². The van der Waals surface area contributed by atoms with E-state index in [1.807, 2.05) is 15.5 Å². The van der Waals surface area contributed by atoms with E-state index in [-0.39, 0.29) is 48.6 Å². The van der Waals surface area contributed by atoms with Gasteiger partial charge in [0.05, 0.1) is 12.8 Å². The lowest BCUT2D eigenvalue weighted by Gasteiger charge is -2.42. The maximum Gasteiger partial charge on any atom is 0.325 e. The molecule has 31 heavy (non-hydrogen) atoms. The zero-order valence-corrected chi connectivity index (χ0v) is 17.0. The number of pyridine rings is 1. The van der Waals surface area contributed by atoms with Crippen LogP contribution in [0.1, 0.15) is 36.6 Å². The highest BCUT2D eigenvalue weighted by Crippen LogP contribution is 2.35. The molecule has 3 aliphatic rings. The van der Waals surface area contributed by atoms with Crippen molar-refractivity contribution in [3.05, 3.63) is 58.4 Å². The van der Waals surface area contributed by atoms with E-state index in [1.165, 1.54) is 6.26 Å². The lowest BCUT2D eigenvalue weighted by Crippen LogP contribution is -2.49. The molecule has 3 aliphatic heterocycles. The van der Waals surface area contributed by atoms with Crippen LogP contribution in [-0.4, -0.2) is 51.3 Å². The van der Waals surface area contributed by atoms with Crippen molar-refractivity contribution in [3.8, 4) is 0 Å². The molecule has 0 unspecified atom stereocenters. The number of nitrogens with zero attached hydrogens (tertiary/aromatic N) is 3. The van der Waals surface area contributed by atoms with E-state index in [9.17, 15) is 19.2 Å². The molecule has 162 valence electrons. The molecule has 2 fully saturated rings. The average Bonchev–Trinajstić information content (AvgIpc) is 3.36. The highest BCUT2D eigenvalue weighted by Gasteiger charge is 2.40. The summed E-state index contributed by atoms with van der Waals surface area (Å²) in [6, 6.07) is 7.57. The van der Waals surface area contributed by atoms with E-state index < -0.39 is 12.1 Å². The third kappa shape index (κ3) is 3.64. The van der Waals surface area contributed by atoms with E-state index >= 15 is 0 Å². The van der Waals surface area contributed by atoms with Crippen molar-refractivity contribution in [1.82, 2.24) is 19.7 Å². The molecule has 9 heteroatoms. The number of fused-ring (bicyclic) bond motifs is 4. The maximum absolute atomic E-state index is 12.9. The summed E-state index contributed by atoms with van der Waals surface area (Å²) in [5.41, 5.74) is 1.01. The number of likely N-dealkylation sites (tertiary alicyclic amines) is 1. The first kappa shape index (κ1) is 19.6. The second-order valence-corrected chi connectivity index (χ2v) is 8.54. The van der Waals surface area contributed by atoms with Gasteiger partial charge in [-0.1, -0.05) is 6.07 Å². The van der Waals surface area contributed by atoms with Gasteiger partial charge in [0.1, 0.15) is 11.8 Å². The van der Waals surface area contributed by atoms with Gasteiger partial charge in [0.15, 0.2) is 0 Å². The van der Waals surface area contributed by atoms with Crippen molar-refractivity contribution in [1.29, 1.82) is 0 Å². The number of urea groups is 1. The quantitative estimate of drug-likeness (QED) is 0.729. The van der Waals surface area contributed by atoms with Gasteiger partial charge in [-0.05, 0) is 37.0 Å². The standard InChI is InChI=1S/C22H24N4O5/c27-19(7-6-17-21(29)26(22(30)23-17)13-16-3-2-8-31-16)24-10-14-9-15(12-24)18-4-1-5-20(28)25(18)11-14/h1-5,8,14-15,17H,6-7,9-13H2,(H,23,30)/t14-,15+,17+/m1/s1. The summed E-state index contributed by atoms with van der Waals surface area (Å²) in [5.74, 6) is 0.583. The van der Waals surface area contributed by atoms with Gasteiger partial charge in [-0.2, -0.15) is 0 Å². The zero-order chi connectivity index (χ0) is 21.5. The highest BCUT2D eigenvalue weighted by atomic mass is 16.3. The predicted octanol–water partition coefficient (Wildman–Crippen LogP) is 1.29. The lowest BCUT2D eigenvalue weighted by molar-refractivity contribution is -0.134. The Morgan fingerprint density at radius 3 is 2.77 bits per heavy atom. The van der Waals surface area contributed by atoms with Crippen LogP contribution in [0.15, 0.2) is 45.8 Å². The monoisotopic (exact) mass is 424 g/mol. The van der Waals surface area contributed by atoms with Crippen molar-refractivity contribution in [2.24, 2.45) is 5.92 Å². The van der Waals surface area contributed by atoms with Crippen LogP contribution < -0.4 is 10.9 Å². The van der Waals surface area contributed by atoms with Crippen LogP contribution in [0.2, 0.25) is 0 Å². The molecule has 0 spiro atoms. The number of piperidine rings is 1. The minimum atomic E-state index is -0.699. The molecule has 0 saturated carbocycles. The number of aromatic nitrogens is 1. The molecule has 4 amide bonds. The second kappa shape index (κ2) is 7.72. The van der Waals surface area contributed by atoms with E-state index in [0.717, 1.165) is 17.0 Å². The van der Waals surface area contributed by atoms with Crippen LogP contribution in [-0.2, 0) is 22.7 Å². The smallest absolute Gasteiger partial charge is 0.325 e. The number of nitrogens with one attached hydrogen (secondary N) is 1. The normalized spacial score (nSPS) is 24.8. The molecule has 9 nitrogen and oxygen atoms in total. The number of rotatable bonds is 5. The Morgan fingerprint density at radius 1 is 1.10 bits per heavy atom. The molecule has 5 rings (SSSR count). The Kier molecular flexibility index (Phi) is 4.88. The van der Waals surface area contributed by atoms with Crippen LogP contribution in [0.4, 0.5) is 4.79 Å². The predicted molar refractivity (Wildman–Crippen MR) is 109 cm³/mol. The molecule has 0 radical (unpaired) electrons. The van der Waals surface area contributed by atoms with Crippen molar-refractivity contribution >= 4 is 17.8 Å². The van der Waals surface area contributed by atoms with Gasteiger partial charge in [-0.25, -0.2) is 4.79 Å². The van der Waals surface area contributed by atoms with Gasteiger partial charge in [0.2, 0.25) is 5.91 Å². The summed E-state index contributed by atoms with van der Waals surface area (Å²) in [6.07, 6.45) is 2.92. The van der Waals surface area contributed by atoms with Crippen molar-refractivity contribution in [2.75, 3.05) is 13.1 Å². The fourth-order valence-electron chi connectivity index (χ4n) is 5.01. The SMILES string of the molecule is O=C(CC[C@@H]1NC(=O)N(Cc2ccco2)C1=O)N1C[C@H]2C[C@@H](C1)c1cccc(=O)n1C2. The number of amides is 4. The first-order valence-electron chi connectivity index (χ1n) is 10.6. The summed E-state index contributed by atoms with van der Waals surface area (Å²) < 4.78 is 7.05. The second-order valence-electron chi connectivity index (χ2n) is 8.54. The third-order valence-electron chi connectivity index (χ3n) is 6.48. The number of furan rings is 1.